The zero-order valence-corrected chi connectivity index (χ0v) is 17.9. The lowest BCUT2D eigenvalue weighted by Gasteiger charge is -2.37. The van der Waals surface area contributed by atoms with E-state index in [2.05, 4.69) is 27.3 Å². The van der Waals surface area contributed by atoms with E-state index in [4.69, 9.17) is 4.74 Å². The smallest absolute Gasteiger partial charge is 0.409 e. The summed E-state index contributed by atoms with van der Waals surface area (Å²) in [6, 6.07) is 14.2. The number of pyridine rings is 1. The highest BCUT2D eigenvalue weighted by atomic mass is 16.6. The van der Waals surface area contributed by atoms with Gasteiger partial charge in [0, 0.05) is 58.1 Å². The zero-order valence-electron chi connectivity index (χ0n) is 17.9. The summed E-state index contributed by atoms with van der Waals surface area (Å²) < 4.78 is 5.07. The van der Waals surface area contributed by atoms with Crippen LogP contribution in [0, 0.1) is 0 Å². The molecule has 31 heavy (non-hydrogen) atoms. The number of nitrogens with zero attached hydrogens (tertiary/aromatic N) is 4. The van der Waals surface area contributed by atoms with Crippen LogP contribution in [0.5, 0.6) is 0 Å². The lowest BCUT2D eigenvalue weighted by molar-refractivity contribution is 0.0570. The first-order valence-corrected chi connectivity index (χ1v) is 10.9. The van der Waals surface area contributed by atoms with Gasteiger partial charge in [-0.25, -0.2) is 9.78 Å². The number of aromatic nitrogens is 1. The molecule has 3 heterocycles. The normalized spacial score (nSPS) is 19.3. The molecular formula is C23H29N5O3. The molecule has 0 saturated carbocycles. The molecular weight excluding hydrogens is 394 g/mol. The van der Waals surface area contributed by atoms with Crippen LogP contribution < -0.4 is 10.2 Å². The van der Waals surface area contributed by atoms with Gasteiger partial charge in [-0.2, -0.15) is 0 Å². The number of anilines is 1. The van der Waals surface area contributed by atoms with Crippen molar-refractivity contribution in [2.45, 2.75) is 13.0 Å². The van der Waals surface area contributed by atoms with Gasteiger partial charge in [0.2, 0.25) is 0 Å². The van der Waals surface area contributed by atoms with Crippen molar-refractivity contribution in [3.63, 3.8) is 0 Å². The Morgan fingerprint density at radius 2 is 1.77 bits per heavy atom. The summed E-state index contributed by atoms with van der Waals surface area (Å²) in [5, 5.41) is 3.56. The molecule has 1 atom stereocenters. The number of nitrogens with one attached hydrogen (secondary N) is 1. The van der Waals surface area contributed by atoms with Gasteiger partial charge in [-0.15, -0.1) is 0 Å². The number of ether oxygens (including phenoxy) is 1. The quantitative estimate of drug-likeness (QED) is 0.812. The zero-order chi connectivity index (χ0) is 21.6. The van der Waals surface area contributed by atoms with E-state index in [1.807, 2.05) is 30.3 Å². The van der Waals surface area contributed by atoms with Crippen LogP contribution >= 0.6 is 0 Å². The van der Waals surface area contributed by atoms with Gasteiger partial charge in [-0.3, -0.25) is 4.79 Å². The van der Waals surface area contributed by atoms with Gasteiger partial charge in [-0.1, -0.05) is 30.3 Å². The fourth-order valence-electron chi connectivity index (χ4n) is 4.14. The van der Waals surface area contributed by atoms with Crippen molar-refractivity contribution in [1.29, 1.82) is 0 Å². The molecule has 1 aromatic carbocycles. The number of hydrogen-bond donors (Lipinski definition) is 1. The third-order valence-corrected chi connectivity index (χ3v) is 5.79. The number of carbonyl (C=O) groups is 2. The van der Waals surface area contributed by atoms with Crippen molar-refractivity contribution in [3.8, 4) is 0 Å². The predicted octanol–water partition coefficient (Wildman–Crippen LogP) is 2.15. The van der Waals surface area contributed by atoms with Gasteiger partial charge in [0.15, 0.2) is 0 Å². The molecule has 2 fully saturated rings. The second-order valence-electron chi connectivity index (χ2n) is 7.72. The fourth-order valence-corrected chi connectivity index (χ4v) is 4.14. The van der Waals surface area contributed by atoms with Crippen LogP contribution in [0.25, 0.3) is 0 Å². The van der Waals surface area contributed by atoms with Gasteiger partial charge in [0.05, 0.1) is 12.2 Å². The minimum Gasteiger partial charge on any atom is -0.450 e. The van der Waals surface area contributed by atoms with Gasteiger partial charge >= 0.3 is 6.09 Å². The maximum absolute atomic E-state index is 13.3. The van der Waals surface area contributed by atoms with Crippen LogP contribution in [-0.2, 0) is 4.74 Å². The third-order valence-electron chi connectivity index (χ3n) is 5.79. The van der Waals surface area contributed by atoms with Crippen LogP contribution in [0.2, 0.25) is 0 Å². The first-order chi connectivity index (χ1) is 15.2. The van der Waals surface area contributed by atoms with Crippen molar-refractivity contribution in [2.24, 2.45) is 0 Å². The minimum absolute atomic E-state index is 0.0404. The largest absolute Gasteiger partial charge is 0.450 e. The SMILES string of the molecule is CCOC(=O)N1CCN(C(=O)c2cccnc2N2CCN[C@@H](c3ccccc3)C2)CC1. The summed E-state index contributed by atoms with van der Waals surface area (Å²) in [6.45, 7) is 6.43. The summed E-state index contributed by atoms with van der Waals surface area (Å²) in [7, 11) is 0. The molecule has 164 valence electrons. The van der Waals surface area contributed by atoms with E-state index in [9.17, 15) is 9.59 Å². The Morgan fingerprint density at radius 1 is 1.03 bits per heavy atom. The van der Waals surface area contributed by atoms with Crippen LogP contribution in [0.3, 0.4) is 0 Å². The van der Waals surface area contributed by atoms with E-state index >= 15 is 0 Å². The molecule has 2 aliphatic heterocycles. The van der Waals surface area contributed by atoms with E-state index in [0.717, 1.165) is 25.5 Å². The number of piperazine rings is 2. The number of hydrogen-bond acceptors (Lipinski definition) is 6. The summed E-state index contributed by atoms with van der Waals surface area (Å²) in [4.78, 5) is 35.5. The van der Waals surface area contributed by atoms with E-state index in [1.54, 1.807) is 22.9 Å². The van der Waals surface area contributed by atoms with Crippen molar-refractivity contribution in [1.82, 2.24) is 20.1 Å². The van der Waals surface area contributed by atoms with Crippen LogP contribution in [0.4, 0.5) is 10.6 Å². The third kappa shape index (κ3) is 4.80. The lowest BCUT2D eigenvalue weighted by atomic mass is 10.0. The molecule has 8 nitrogen and oxygen atoms in total. The van der Waals surface area contributed by atoms with E-state index in [0.29, 0.717) is 38.3 Å². The molecule has 2 aromatic rings. The Kier molecular flexibility index (Phi) is 6.66. The van der Waals surface area contributed by atoms with Gasteiger partial charge in [-0.05, 0) is 24.6 Å². The Balaban J connectivity index is 1.46. The first kappa shape index (κ1) is 21.1. The fraction of sp³-hybridized carbons (Fsp3) is 0.435. The molecule has 0 aliphatic carbocycles. The monoisotopic (exact) mass is 423 g/mol. The van der Waals surface area contributed by atoms with Gasteiger partial charge in [0.1, 0.15) is 5.82 Å². The Bertz CT molecular complexity index is 899. The first-order valence-electron chi connectivity index (χ1n) is 10.9. The Labute approximate surface area is 182 Å². The molecule has 0 bridgehead atoms. The van der Waals surface area contributed by atoms with E-state index < -0.39 is 0 Å². The maximum Gasteiger partial charge on any atom is 0.409 e. The molecule has 1 N–H and O–H groups in total. The van der Waals surface area contributed by atoms with Crippen LogP contribution in [0.1, 0.15) is 28.9 Å². The van der Waals surface area contributed by atoms with Crippen molar-refractivity contribution in [2.75, 3.05) is 57.3 Å². The summed E-state index contributed by atoms with van der Waals surface area (Å²) in [6.07, 6.45) is 1.43. The van der Waals surface area contributed by atoms with Crippen molar-refractivity contribution >= 4 is 17.8 Å². The topological polar surface area (TPSA) is 78.0 Å². The standard InChI is InChI=1S/C23H29N5O3/c1-2-31-23(30)27-15-13-26(14-16-27)22(29)19-9-6-10-25-21(19)28-12-11-24-20(17-28)18-7-4-3-5-8-18/h3-10,20,24H,2,11-17H2,1H3/t20-/m1/s1. The Hall–Kier alpha value is -3.13. The molecule has 0 unspecified atom stereocenters. The number of carbonyl (C=O) groups excluding carboxylic acids is 2. The highest BCUT2D eigenvalue weighted by Crippen LogP contribution is 2.25. The maximum atomic E-state index is 13.3. The summed E-state index contributed by atoms with van der Waals surface area (Å²) in [5.41, 5.74) is 1.84. The Morgan fingerprint density at radius 3 is 2.52 bits per heavy atom. The molecule has 2 amide bonds. The molecule has 2 aliphatic rings. The highest BCUT2D eigenvalue weighted by molar-refractivity contribution is 5.99. The summed E-state index contributed by atoms with van der Waals surface area (Å²) in [5.74, 6) is 0.684. The molecule has 2 saturated heterocycles. The van der Waals surface area contributed by atoms with Gasteiger partial charge in [0.25, 0.3) is 5.91 Å². The van der Waals surface area contributed by atoms with Crippen LogP contribution in [-0.4, -0.2) is 79.2 Å². The average molecular weight is 424 g/mol. The number of benzene rings is 1. The average Bonchev–Trinajstić information content (AvgIpc) is 2.84. The lowest BCUT2D eigenvalue weighted by Crippen LogP contribution is -2.51. The second-order valence-corrected chi connectivity index (χ2v) is 7.72. The summed E-state index contributed by atoms with van der Waals surface area (Å²) >= 11 is 0. The van der Waals surface area contributed by atoms with Crippen molar-refractivity contribution in [3.05, 3.63) is 59.8 Å². The highest BCUT2D eigenvalue weighted by Gasteiger charge is 2.29. The molecule has 0 radical (unpaired) electrons. The predicted molar refractivity (Wildman–Crippen MR) is 118 cm³/mol. The number of amides is 2. The van der Waals surface area contributed by atoms with Crippen LogP contribution in [0.15, 0.2) is 48.7 Å². The molecule has 1 aromatic heterocycles. The van der Waals surface area contributed by atoms with Gasteiger partial charge < -0.3 is 24.8 Å². The minimum atomic E-state index is -0.315. The van der Waals surface area contributed by atoms with E-state index in [1.165, 1.54) is 5.56 Å². The molecule has 8 heteroatoms. The van der Waals surface area contributed by atoms with E-state index in [-0.39, 0.29) is 18.0 Å². The van der Waals surface area contributed by atoms with Crippen molar-refractivity contribution < 1.29 is 14.3 Å². The molecule has 4 rings (SSSR count). The number of rotatable bonds is 4. The second kappa shape index (κ2) is 9.78. The molecule has 0 spiro atoms.